The number of thiazole rings is 1. The fraction of sp³-hybridized carbons (Fsp3) is 0.625. The Morgan fingerprint density at radius 3 is 2.79 bits per heavy atom. The van der Waals surface area contributed by atoms with Gasteiger partial charge in [-0.3, -0.25) is 0 Å². The number of aliphatic hydroxyl groups is 3. The van der Waals surface area contributed by atoms with Gasteiger partial charge in [0.05, 0.1) is 18.4 Å². The van der Waals surface area contributed by atoms with E-state index >= 15 is 0 Å². The monoisotopic (exact) mass is 218 g/mol. The van der Waals surface area contributed by atoms with E-state index < -0.39 is 12.2 Å². The molecule has 2 atom stereocenters. The van der Waals surface area contributed by atoms with Crippen LogP contribution in [0.3, 0.4) is 0 Å². The molecule has 5 nitrogen and oxygen atoms in total. The lowest BCUT2D eigenvalue weighted by Gasteiger charge is -2.14. The van der Waals surface area contributed by atoms with Gasteiger partial charge < -0.3 is 20.6 Å². The van der Waals surface area contributed by atoms with Crippen LogP contribution in [0.1, 0.15) is 16.8 Å². The summed E-state index contributed by atoms with van der Waals surface area (Å²) < 4.78 is 0. The van der Waals surface area contributed by atoms with Crippen LogP contribution in [0.25, 0.3) is 0 Å². The van der Waals surface area contributed by atoms with Crippen LogP contribution in [0.2, 0.25) is 0 Å². The van der Waals surface area contributed by atoms with Crippen molar-refractivity contribution in [2.45, 2.75) is 18.8 Å². The molecule has 1 aromatic rings. The molecule has 1 aromatic heterocycles. The fourth-order valence-corrected chi connectivity index (χ4v) is 1.87. The molecule has 6 heteroatoms. The molecule has 1 rings (SSSR count). The minimum Gasteiger partial charge on any atom is -0.390 e. The molecule has 0 amide bonds. The Morgan fingerprint density at radius 2 is 2.29 bits per heavy atom. The highest BCUT2D eigenvalue weighted by molar-refractivity contribution is 7.09. The van der Waals surface area contributed by atoms with Gasteiger partial charge in [0.15, 0.2) is 0 Å². The Morgan fingerprint density at radius 1 is 1.57 bits per heavy atom. The maximum Gasteiger partial charge on any atom is 0.133 e. The van der Waals surface area contributed by atoms with Crippen LogP contribution < -0.4 is 5.32 Å². The van der Waals surface area contributed by atoms with Gasteiger partial charge in [0.1, 0.15) is 11.1 Å². The first-order valence-corrected chi connectivity index (χ1v) is 5.13. The summed E-state index contributed by atoms with van der Waals surface area (Å²) in [6.45, 7) is 0.153. The summed E-state index contributed by atoms with van der Waals surface area (Å²) in [5.74, 6) is 0. The van der Waals surface area contributed by atoms with Crippen molar-refractivity contribution < 1.29 is 15.3 Å². The van der Waals surface area contributed by atoms with Crippen LogP contribution >= 0.6 is 11.3 Å². The molecule has 0 aliphatic rings. The van der Waals surface area contributed by atoms with Crippen molar-refractivity contribution in [3.63, 3.8) is 0 Å². The second-order valence-corrected chi connectivity index (χ2v) is 3.79. The van der Waals surface area contributed by atoms with Gasteiger partial charge in [0, 0.05) is 11.9 Å². The summed E-state index contributed by atoms with van der Waals surface area (Å²) in [4.78, 5) is 3.96. The highest BCUT2D eigenvalue weighted by atomic mass is 32.1. The van der Waals surface area contributed by atoms with Crippen LogP contribution in [0, 0.1) is 0 Å². The van der Waals surface area contributed by atoms with E-state index in [0.29, 0.717) is 17.2 Å². The summed E-state index contributed by atoms with van der Waals surface area (Å²) in [6.07, 6.45) is -1.87. The third kappa shape index (κ3) is 2.73. The summed E-state index contributed by atoms with van der Waals surface area (Å²) in [6, 6.07) is 0. The van der Waals surface area contributed by atoms with Gasteiger partial charge in [-0.15, -0.1) is 11.3 Å². The SMILES string of the molecule is CNCC(O)C(O)c1nc(CO)cs1. The topological polar surface area (TPSA) is 85.6 Å². The number of hydrogen-bond donors (Lipinski definition) is 4. The van der Waals surface area contributed by atoms with Crippen LogP contribution in [0.15, 0.2) is 5.38 Å². The van der Waals surface area contributed by atoms with Crippen molar-refractivity contribution in [1.82, 2.24) is 10.3 Å². The van der Waals surface area contributed by atoms with Crippen LogP contribution in [0.5, 0.6) is 0 Å². The largest absolute Gasteiger partial charge is 0.390 e. The Hall–Kier alpha value is -0.530. The minimum absolute atomic E-state index is 0.147. The molecule has 0 saturated carbocycles. The van der Waals surface area contributed by atoms with E-state index in [-0.39, 0.29) is 6.61 Å². The molecule has 0 aromatic carbocycles. The first-order valence-electron chi connectivity index (χ1n) is 4.25. The molecular formula is C8H14N2O3S. The van der Waals surface area contributed by atoms with Gasteiger partial charge >= 0.3 is 0 Å². The number of nitrogens with one attached hydrogen (secondary N) is 1. The molecule has 0 aliphatic heterocycles. The first kappa shape index (κ1) is 11.5. The highest BCUT2D eigenvalue weighted by Gasteiger charge is 2.20. The molecule has 0 radical (unpaired) electrons. The lowest BCUT2D eigenvalue weighted by molar-refractivity contribution is 0.0199. The highest BCUT2D eigenvalue weighted by Crippen LogP contribution is 2.20. The predicted molar refractivity (Wildman–Crippen MR) is 52.9 cm³/mol. The number of rotatable bonds is 5. The second kappa shape index (κ2) is 5.38. The Labute approximate surface area is 86.0 Å². The molecule has 14 heavy (non-hydrogen) atoms. The molecule has 0 bridgehead atoms. The van der Waals surface area contributed by atoms with Gasteiger partial charge in [0.25, 0.3) is 0 Å². The maximum absolute atomic E-state index is 9.61. The Balaban J connectivity index is 2.63. The van der Waals surface area contributed by atoms with Crippen LogP contribution in [0.4, 0.5) is 0 Å². The first-order chi connectivity index (χ1) is 6.69. The van der Waals surface area contributed by atoms with Crippen molar-refractivity contribution >= 4 is 11.3 Å². The zero-order chi connectivity index (χ0) is 10.6. The molecule has 1 heterocycles. The fourth-order valence-electron chi connectivity index (χ4n) is 1.02. The van der Waals surface area contributed by atoms with E-state index in [9.17, 15) is 10.2 Å². The summed E-state index contributed by atoms with van der Waals surface area (Å²) in [5.41, 5.74) is 0.515. The molecule has 2 unspecified atom stereocenters. The lowest BCUT2D eigenvalue weighted by Crippen LogP contribution is -2.29. The van der Waals surface area contributed by atoms with Crippen molar-refractivity contribution in [3.05, 3.63) is 16.1 Å². The molecule has 0 aliphatic carbocycles. The normalized spacial score (nSPS) is 15.4. The average molecular weight is 218 g/mol. The molecule has 0 fully saturated rings. The zero-order valence-electron chi connectivity index (χ0n) is 7.84. The molecule has 0 saturated heterocycles. The van der Waals surface area contributed by atoms with Crippen molar-refractivity contribution in [3.8, 4) is 0 Å². The third-order valence-corrected chi connectivity index (χ3v) is 2.73. The van der Waals surface area contributed by atoms with E-state index in [4.69, 9.17) is 5.11 Å². The van der Waals surface area contributed by atoms with E-state index in [2.05, 4.69) is 10.3 Å². The van der Waals surface area contributed by atoms with Gasteiger partial charge in [-0.2, -0.15) is 0 Å². The van der Waals surface area contributed by atoms with Crippen LogP contribution in [-0.4, -0.2) is 40.0 Å². The molecular weight excluding hydrogens is 204 g/mol. The maximum atomic E-state index is 9.61. The zero-order valence-corrected chi connectivity index (χ0v) is 8.66. The lowest BCUT2D eigenvalue weighted by atomic mass is 10.2. The van der Waals surface area contributed by atoms with Crippen LogP contribution in [-0.2, 0) is 6.61 Å². The average Bonchev–Trinajstić information content (AvgIpc) is 2.65. The third-order valence-electron chi connectivity index (χ3n) is 1.76. The molecule has 0 spiro atoms. The smallest absolute Gasteiger partial charge is 0.133 e. The molecule has 4 N–H and O–H groups in total. The van der Waals surface area contributed by atoms with Crippen molar-refractivity contribution in [2.75, 3.05) is 13.6 Å². The quantitative estimate of drug-likeness (QED) is 0.522. The number of aromatic nitrogens is 1. The summed E-state index contributed by atoms with van der Waals surface area (Å²) in [7, 11) is 1.69. The number of aliphatic hydroxyl groups excluding tert-OH is 3. The summed E-state index contributed by atoms with van der Waals surface area (Å²) in [5, 5.41) is 32.7. The number of nitrogens with zero attached hydrogens (tertiary/aromatic N) is 1. The second-order valence-electron chi connectivity index (χ2n) is 2.91. The van der Waals surface area contributed by atoms with E-state index in [1.165, 1.54) is 11.3 Å². The van der Waals surface area contributed by atoms with E-state index in [0.717, 1.165) is 0 Å². The van der Waals surface area contributed by atoms with Gasteiger partial charge in [-0.25, -0.2) is 4.98 Å². The van der Waals surface area contributed by atoms with Crippen molar-refractivity contribution in [1.29, 1.82) is 0 Å². The predicted octanol–water partition coefficient (Wildman–Crippen LogP) is -0.751. The van der Waals surface area contributed by atoms with Crippen molar-refractivity contribution in [2.24, 2.45) is 0 Å². The van der Waals surface area contributed by atoms with E-state index in [1.807, 2.05) is 0 Å². The number of hydrogen-bond acceptors (Lipinski definition) is 6. The summed E-state index contributed by atoms with van der Waals surface area (Å²) >= 11 is 1.23. The van der Waals surface area contributed by atoms with Gasteiger partial charge in [-0.1, -0.05) is 0 Å². The minimum atomic E-state index is -0.993. The van der Waals surface area contributed by atoms with E-state index in [1.54, 1.807) is 12.4 Å². The Bertz CT molecular complexity index is 279. The number of likely N-dealkylation sites (N-methyl/N-ethyl adjacent to an activating group) is 1. The van der Waals surface area contributed by atoms with Gasteiger partial charge in [-0.05, 0) is 7.05 Å². The standard InChI is InChI=1S/C8H14N2O3S/c1-9-2-6(12)7(13)8-10-5(3-11)4-14-8/h4,6-7,9,11-13H,2-3H2,1H3. The molecule has 80 valence electrons. The Kier molecular flexibility index (Phi) is 4.43. The van der Waals surface area contributed by atoms with Gasteiger partial charge in [0.2, 0.25) is 0 Å².